The predicted molar refractivity (Wildman–Crippen MR) is 81.2 cm³/mol. The second-order valence-electron chi connectivity index (χ2n) is 6.85. The molecule has 3 fully saturated rings. The number of likely N-dealkylation sites (tertiary alicyclic amines) is 1. The number of urea groups is 1. The summed E-state index contributed by atoms with van der Waals surface area (Å²) in [4.78, 5) is 29.7. The maximum Gasteiger partial charge on any atom is 0.407 e. The first-order valence-corrected chi connectivity index (χ1v) is 8.40. The van der Waals surface area contributed by atoms with E-state index in [2.05, 4.69) is 20.8 Å². The van der Waals surface area contributed by atoms with Gasteiger partial charge in [-0.05, 0) is 19.8 Å². The third-order valence-electron chi connectivity index (χ3n) is 4.94. The van der Waals surface area contributed by atoms with E-state index in [0.29, 0.717) is 44.3 Å². The van der Waals surface area contributed by atoms with Gasteiger partial charge in [0.15, 0.2) is 5.82 Å². The van der Waals surface area contributed by atoms with Gasteiger partial charge in [0, 0.05) is 31.8 Å². The van der Waals surface area contributed by atoms with E-state index in [9.17, 15) is 9.59 Å². The molecule has 3 heterocycles. The zero-order chi connectivity index (χ0) is 16.7. The van der Waals surface area contributed by atoms with E-state index in [0.717, 1.165) is 18.7 Å². The average molecular weight is 335 g/mol. The maximum absolute atomic E-state index is 12.4. The number of ether oxygens (including phenoxy) is 1. The van der Waals surface area contributed by atoms with Crippen molar-refractivity contribution in [3.05, 3.63) is 11.7 Å². The predicted octanol–water partition coefficient (Wildman–Crippen LogP) is 1.29. The van der Waals surface area contributed by atoms with Crippen molar-refractivity contribution in [1.29, 1.82) is 0 Å². The fourth-order valence-electron chi connectivity index (χ4n) is 3.17. The molecule has 0 radical (unpaired) electrons. The topological polar surface area (TPSA) is 110 Å². The van der Waals surface area contributed by atoms with Crippen LogP contribution in [0.25, 0.3) is 0 Å². The highest BCUT2D eigenvalue weighted by Crippen LogP contribution is 2.38. The number of aromatic nitrogens is 2. The molecular weight excluding hydrogens is 314 g/mol. The molecule has 2 N–H and O–H groups in total. The Hall–Kier alpha value is -2.32. The molecule has 24 heavy (non-hydrogen) atoms. The first-order chi connectivity index (χ1) is 11.5. The van der Waals surface area contributed by atoms with Crippen LogP contribution in [0.4, 0.5) is 9.59 Å². The number of alkyl carbamates (subject to hydrolysis) is 1. The van der Waals surface area contributed by atoms with Gasteiger partial charge in [0.1, 0.15) is 11.6 Å². The monoisotopic (exact) mass is 335 g/mol. The quantitative estimate of drug-likeness (QED) is 0.861. The van der Waals surface area contributed by atoms with Gasteiger partial charge in [-0.2, -0.15) is 4.98 Å². The Balaban J connectivity index is 1.30. The van der Waals surface area contributed by atoms with Crippen LogP contribution in [-0.2, 0) is 4.74 Å². The lowest BCUT2D eigenvalue weighted by molar-refractivity contribution is 0.00949. The van der Waals surface area contributed by atoms with Gasteiger partial charge in [0.25, 0.3) is 0 Å². The highest BCUT2D eigenvalue weighted by Gasteiger charge is 2.43. The molecule has 3 amide bonds. The van der Waals surface area contributed by atoms with E-state index in [1.54, 1.807) is 4.90 Å². The standard InChI is InChI=1S/C15H21N5O4/c1-9(12-18-11(19-24-12)10-2-3-10)17-13(21)20-6-4-15(5-7-20)8-16-14(22)23-15/h9-10H,2-8H2,1H3,(H,16,22)(H,17,21)/t9-/m1/s1. The lowest BCUT2D eigenvalue weighted by atomic mass is 9.92. The Morgan fingerprint density at radius 1 is 1.42 bits per heavy atom. The van der Waals surface area contributed by atoms with Crippen LogP contribution in [0.3, 0.4) is 0 Å². The molecule has 3 aliphatic rings. The van der Waals surface area contributed by atoms with Gasteiger partial charge in [-0.3, -0.25) is 0 Å². The minimum Gasteiger partial charge on any atom is -0.441 e. The average Bonchev–Trinajstić information content (AvgIpc) is 3.19. The molecule has 1 aromatic heterocycles. The molecule has 130 valence electrons. The van der Waals surface area contributed by atoms with Crippen LogP contribution in [0, 0.1) is 0 Å². The number of hydrogen-bond donors (Lipinski definition) is 2. The number of nitrogens with one attached hydrogen (secondary N) is 2. The Morgan fingerprint density at radius 3 is 2.79 bits per heavy atom. The van der Waals surface area contributed by atoms with Crippen molar-refractivity contribution < 1.29 is 18.8 Å². The molecule has 0 bridgehead atoms. The van der Waals surface area contributed by atoms with Crippen molar-refractivity contribution >= 4 is 12.1 Å². The third-order valence-corrected chi connectivity index (χ3v) is 4.94. The SMILES string of the molecule is C[C@@H](NC(=O)N1CCC2(CC1)CNC(=O)O2)c1nc(C2CC2)no1. The van der Waals surface area contributed by atoms with E-state index in [1.165, 1.54) is 0 Å². The second-order valence-corrected chi connectivity index (χ2v) is 6.85. The Bertz CT molecular complexity index is 648. The van der Waals surface area contributed by atoms with E-state index in [1.807, 2.05) is 6.92 Å². The zero-order valence-electron chi connectivity index (χ0n) is 13.6. The summed E-state index contributed by atoms with van der Waals surface area (Å²) < 4.78 is 10.6. The van der Waals surface area contributed by atoms with Crippen molar-refractivity contribution in [2.75, 3.05) is 19.6 Å². The van der Waals surface area contributed by atoms with E-state index < -0.39 is 5.60 Å². The van der Waals surface area contributed by atoms with Crippen molar-refractivity contribution in [3.8, 4) is 0 Å². The minimum atomic E-state index is -0.453. The van der Waals surface area contributed by atoms with Crippen LogP contribution < -0.4 is 10.6 Å². The van der Waals surface area contributed by atoms with E-state index >= 15 is 0 Å². The molecule has 2 saturated heterocycles. The van der Waals surface area contributed by atoms with Crippen molar-refractivity contribution in [3.63, 3.8) is 0 Å². The number of carbonyl (C=O) groups excluding carboxylic acids is 2. The normalized spacial score (nSPS) is 23.7. The lowest BCUT2D eigenvalue weighted by Crippen LogP contribution is -2.51. The van der Waals surface area contributed by atoms with Gasteiger partial charge in [-0.25, -0.2) is 9.59 Å². The molecular formula is C15H21N5O4. The van der Waals surface area contributed by atoms with Gasteiger partial charge >= 0.3 is 12.1 Å². The van der Waals surface area contributed by atoms with Crippen LogP contribution in [0.15, 0.2) is 4.52 Å². The molecule has 0 unspecified atom stereocenters. The number of rotatable bonds is 3. The van der Waals surface area contributed by atoms with Gasteiger partial charge in [-0.1, -0.05) is 5.16 Å². The van der Waals surface area contributed by atoms with Gasteiger partial charge in [-0.15, -0.1) is 0 Å². The molecule has 2 aliphatic heterocycles. The highest BCUT2D eigenvalue weighted by atomic mass is 16.6. The zero-order valence-corrected chi connectivity index (χ0v) is 13.6. The van der Waals surface area contributed by atoms with Gasteiger partial charge < -0.3 is 24.8 Å². The number of amides is 3. The van der Waals surface area contributed by atoms with Crippen LogP contribution in [-0.4, -0.2) is 52.4 Å². The lowest BCUT2D eigenvalue weighted by Gasteiger charge is -2.37. The second kappa shape index (κ2) is 5.64. The third kappa shape index (κ3) is 2.90. The molecule has 1 atom stereocenters. The molecule has 9 nitrogen and oxygen atoms in total. The molecule has 9 heteroatoms. The molecule has 1 aliphatic carbocycles. The smallest absolute Gasteiger partial charge is 0.407 e. The first-order valence-electron chi connectivity index (χ1n) is 8.40. The van der Waals surface area contributed by atoms with Gasteiger partial charge in [0.2, 0.25) is 5.89 Å². The van der Waals surface area contributed by atoms with Crippen LogP contribution in [0.2, 0.25) is 0 Å². The summed E-state index contributed by atoms with van der Waals surface area (Å²) in [6.07, 6.45) is 3.12. The molecule has 1 saturated carbocycles. The Morgan fingerprint density at radius 2 is 2.17 bits per heavy atom. The van der Waals surface area contributed by atoms with Crippen LogP contribution in [0.1, 0.15) is 56.3 Å². The Labute approximate surface area is 139 Å². The van der Waals surface area contributed by atoms with Crippen LogP contribution in [0.5, 0.6) is 0 Å². The first kappa shape index (κ1) is 15.2. The number of carbonyl (C=O) groups is 2. The summed E-state index contributed by atoms with van der Waals surface area (Å²) >= 11 is 0. The summed E-state index contributed by atoms with van der Waals surface area (Å²) in [6.45, 7) is 3.44. The van der Waals surface area contributed by atoms with Crippen molar-refractivity contribution in [2.45, 2.75) is 50.2 Å². The molecule has 1 aromatic rings. The van der Waals surface area contributed by atoms with Crippen molar-refractivity contribution in [1.82, 2.24) is 25.7 Å². The van der Waals surface area contributed by atoms with Gasteiger partial charge in [0.05, 0.1) is 6.54 Å². The maximum atomic E-state index is 12.4. The fraction of sp³-hybridized carbons (Fsp3) is 0.733. The van der Waals surface area contributed by atoms with E-state index in [4.69, 9.17) is 9.26 Å². The summed E-state index contributed by atoms with van der Waals surface area (Å²) in [5, 5.41) is 9.55. The molecule has 1 spiro atoms. The molecule has 0 aromatic carbocycles. The summed E-state index contributed by atoms with van der Waals surface area (Å²) in [6, 6.07) is -0.500. The number of hydrogen-bond acceptors (Lipinski definition) is 6. The summed E-state index contributed by atoms with van der Waals surface area (Å²) in [7, 11) is 0. The van der Waals surface area contributed by atoms with Crippen molar-refractivity contribution in [2.24, 2.45) is 0 Å². The minimum absolute atomic E-state index is 0.166. The van der Waals surface area contributed by atoms with E-state index in [-0.39, 0.29) is 18.2 Å². The summed E-state index contributed by atoms with van der Waals surface area (Å²) in [5.74, 6) is 1.60. The molecule has 4 rings (SSSR count). The fourth-order valence-corrected chi connectivity index (χ4v) is 3.17. The van der Waals surface area contributed by atoms with Crippen LogP contribution >= 0.6 is 0 Å². The number of piperidine rings is 1. The summed E-state index contributed by atoms with van der Waals surface area (Å²) in [5.41, 5.74) is -0.453. The Kier molecular flexibility index (Phi) is 3.58. The largest absolute Gasteiger partial charge is 0.441 e. The highest BCUT2D eigenvalue weighted by molar-refractivity contribution is 5.75. The number of nitrogens with zero attached hydrogens (tertiary/aromatic N) is 3.